The van der Waals surface area contributed by atoms with Gasteiger partial charge in [0.25, 0.3) is 0 Å². The SMILES string of the molecule is [2H]c1c([2H])c([2H])c2c(c1[2H])c1ccc(Oc3cc(N4CN(c5c(/C6=C/C=C\N/C=C\C=C/[B]6)cccc5/C5=C/C=C\N/C=C\C=C/[B]5)c5ccccc54)cc(C(C)(C)C)n3)cc1n2-c1cc(C(C)(C)C)ccn1. The summed E-state index contributed by atoms with van der Waals surface area (Å²) in [6.07, 6.45) is 25.7. The zero-order valence-electron chi connectivity index (χ0n) is 43.7. The number of aromatic nitrogens is 3. The number of benzene rings is 4. The first kappa shape index (κ1) is 40.1. The number of nitrogens with one attached hydrogen (secondary N) is 2. The predicted molar refractivity (Wildman–Crippen MR) is 291 cm³/mol. The predicted octanol–water partition coefficient (Wildman–Crippen LogP) is 13.6. The minimum Gasteiger partial charge on any atom is -0.439 e. The van der Waals surface area contributed by atoms with Gasteiger partial charge in [0.1, 0.15) is 18.2 Å². The number of rotatable bonds is 7. The highest BCUT2D eigenvalue weighted by Crippen LogP contribution is 2.49. The fourth-order valence-corrected chi connectivity index (χ4v) is 8.80. The topological polar surface area (TPSA) is 70.5 Å². The lowest BCUT2D eigenvalue weighted by Crippen LogP contribution is -2.26. The van der Waals surface area contributed by atoms with E-state index >= 15 is 0 Å². The van der Waals surface area contributed by atoms with Crippen LogP contribution in [-0.4, -0.2) is 35.8 Å². The van der Waals surface area contributed by atoms with Crippen molar-refractivity contribution in [2.24, 2.45) is 0 Å². The van der Waals surface area contributed by atoms with Gasteiger partial charge in [-0.25, -0.2) is 9.97 Å². The molecule has 0 amide bonds. The number of nitrogens with zero attached hydrogens (tertiary/aromatic N) is 5. The second-order valence-corrected chi connectivity index (χ2v) is 19.1. The Hall–Kier alpha value is -7.97. The number of para-hydroxylation sites is 4. The van der Waals surface area contributed by atoms with Crippen LogP contribution in [0, 0.1) is 0 Å². The largest absolute Gasteiger partial charge is 0.439 e. The summed E-state index contributed by atoms with van der Waals surface area (Å²) in [5.41, 5.74) is 10.5. The summed E-state index contributed by atoms with van der Waals surface area (Å²) in [5, 5.41) is 7.51. The van der Waals surface area contributed by atoms with Crippen molar-refractivity contribution in [2.75, 3.05) is 16.5 Å². The smallest absolute Gasteiger partial charge is 0.221 e. The fraction of sp³-hybridized carbons (Fsp3) is 0.153. The van der Waals surface area contributed by atoms with E-state index in [0.29, 0.717) is 45.9 Å². The number of hydrogen-bond acceptors (Lipinski definition) is 7. The van der Waals surface area contributed by atoms with Crippen molar-refractivity contribution < 1.29 is 10.2 Å². The van der Waals surface area contributed by atoms with Crippen LogP contribution in [0.25, 0.3) is 38.6 Å². The molecule has 0 spiro atoms. The number of pyridine rings is 2. The summed E-state index contributed by atoms with van der Waals surface area (Å²) in [5.74, 6) is 5.54. The zero-order chi connectivity index (χ0) is 51.0. The maximum Gasteiger partial charge on any atom is 0.221 e. The van der Waals surface area contributed by atoms with Crippen molar-refractivity contribution in [3.8, 4) is 17.4 Å². The van der Waals surface area contributed by atoms with Gasteiger partial charge in [0.2, 0.25) is 5.88 Å². The first-order valence-corrected chi connectivity index (χ1v) is 23.3. The summed E-state index contributed by atoms with van der Waals surface area (Å²) >= 11 is 0. The molecule has 0 atom stereocenters. The summed E-state index contributed by atoms with van der Waals surface area (Å²) in [6.45, 7) is 13.3. The average Bonchev–Trinajstić information content (AvgIpc) is 3.94. The van der Waals surface area contributed by atoms with Gasteiger partial charge in [0.05, 0.1) is 45.0 Å². The van der Waals surface area contributed by atoms with Crippen molar-refractivity contribution >= 4 is 70.1 Å². The van der Waals surface area contributed by atoms with Gasteiger partial charge < -0.3 is 25.2 Å². The highest BCUT2D eigenvalue weighted by molar-refractivity contribution is 6.67. The van der Waals surface area contributed by atoms with E-state index in [2.05, 4.69) is 149 Å². The van der Waals surface area contributed by atoms with E-state index in [1.54, 1.807) is 6.20 Å². The lowest BCUT2D eigenvalue weighted by Gasteiger charge is -2.29. The standard InChI is InChI=1S/C59H55B2N7O/c1-58(2,3)41-28-35-64-55(36-41)68-50-23-8-7-18-44(50)45-27-26-43(39-53(45)68)69-56-38-42(37-54(65-56)59(4,5)6)66-40-67(52-25-10-9-24-51(52)66)57-46(48-21-16-33-62-31-13-11-29-60-48)19-15-20-47(57)49-22-17-34-63-32-14-12-30-61-49/h7-39,62-63H,40H2,1-6H3/b29-11-,30-12-,31-13-,32-14-,33-16-,34-17-,48-21-,49-22-/i7D,8D,18D,23D. The molecular formula is C59H55B2N7O. The zero-order valence-corrected chi connectivity index (χ0v) is 39.7. The molecule has 4 aromatic carbocycles. The Morgan fingerprint density at radius 1 is 0.638 bits per heavy atom. The molecule has 10 heteroatoms. The van der Waals surface area contributed by atoms with E-state index in [1.807, 2.05) is 102 Å². The number of allylic oxidation sites excluding steroid dienone is 8. The van der Waals surface area contributed by atoms with Gasteiger partial charge in [0, 0.05) is 59.3 Å². The Morgan fingerprint density at radius 2 is 1.30 bits per heavy atom. The number of hydrogen-bond donors (Lipinski definition) is 2. The average molecular weight is 904 g/mol. The lowest BCUT2D eigenvalue weighted by molar-refractivity contribution is 0.452. The molecule has 2 radical (unpaired) electrons. The van der Waals surface area contributed by atoms with Crippen LogP contribution in [0.3, 0.4) is 0 Å². The monoisotopic (exact) mass is 903 g/mol. The van der Waals surface area contributed by atoms with Crippen molar-refractivity contribution in [1.29, 1.82) is 0 Å². The molecular weight excluding hydrogens is 844 g/mol. The minimum absolute atomic E-state index is 0.109. The van der Waals surface area contributed by atoms with E-state index < -0.39 is 0 Å². The van der Waals surface area contributed by atoms with Crippen molar-refractivity contribution in [3.05, 3.63) is 223 Å². The highest BCUT2D eigenvalue weighted by atomic mass is 16.5. The second kappa shape index (κ2) is 19.0. The molecule has 0 bridgehead atoms. The van der Waals surface area contributed by atoms with Gasteiger partial charge in [-0.15, -0.1) is 12.0 Å². The molecule has 338 valence electrons. The molecule has 3 aliphatic heterocycles. The van der Waals surface area contributed by atoms with Crippen LogP contribution in [0.5, 0.6) is 11.6 Å². The first-order chi connectivity index (χ1) is 35.2. The van der Waals surface area contributed by atoms with Gasteiger partial charge >= 0.3 is 0 Å². The molecule has 69 heavy (non-hydrogen) atoms. The highest BCUT2D eigenvalue weighted by Gasteiger charge is 2.33. The first-order valence-electron chi connectivity index (χ1n) is 25.3. The van der Waals surface area contributed by atoms with Crippen LogP contribution in [0.4, 0.5) is 22.7 Å². The van der Waals surface area contributed by atoms with Crippen LogP contribution < -0.4 is 25.2 Å². The molecule has 0 saturated carbocycles. The Bertz CT molecular complexity index is 3510. The van der Waals surface area contributed by atoms with Gasteiger partial charge in [0.15, 0.2) is 14.6 Å². The molecule has 0 saturated heterocycles. The summed E-state index contributed by atoms with van der Waals surface area (Å²) < 4.78 is 44.2. The second-order valence-electron chi connectivity index (χ2n) is 19.1. The molecule has 6 heterocycles. The Labute approximate surface area is 413 Å². The van der Waals surface area contributed by atoms with E-state index in [4.69, 9.17) is 20.2 Å². The van der Waals surface area contributed by atoms with Gasteiger partial charge in [-0.2, -0.15) is 0 Å². The Morgan fingerprint density at radius 3 is 1.99 bits per heavy atom. The van der Waals surface area contributed by atoms with Crippen LogP contribution in [0.15, 0.2) is 201 Å². The quantitative estimate of drug-likeness (QED) is 0.154. The lowest BCUT2D eigenvalue weighted by atomic mass is 9.63. The minimum atomic E-state index is -0.365. The number of fused-ring (bicyclic) bond motifs is 4. The van der Waals surface area contributed by atoms with E-state index in [1.165, 1.54) is 0 Å². The molecule has 2 N–H and O–H groups in total. The van der Waals surface area contributed by atoms with Crippen molar-refractivity contribution in [1.82, 2.24) is 25.2 Å². The molecule has 10 rings (SSSR count). The van der Waals surface area contributed by atoms with Gasteiger partial charge in [-0.1, -0.05) is 125 Å². The molecule has 7 aromatic rings. The molecule has 8 nitrogen and oxygen atoms in total. The van der Waals surface area contributed by atoms with Crippen LogP contribution in [0.1, 0.15) is 69.4 Å². The van der Waals surface area contributed by atoms with Crippen LogP contribution in [-0.2, 0) is 10.8 Å². The van der Waals surface area contributed by atoms with Crippen LogP contribution >= 0.6 is 0 Å². The maximum absolute atomic E-state index is 9.14. The molecule has 3 aliphatic rings. The molecule has 0 aliphatic carbocycles. The van der Waals surface area contributed by atoms with E-state index in [0.717, 1.165) is 56.1 Å². The Balaban J connectivity index is 1.11. The summed E-state index contributed by atoms with van der Waals surface area (Å²) in [6, 6.07) is 27.9. The van der Waals surface area contributed by atoms with Crippen molar-refractivity contribution in [3.63, 3.8) is 0 Å². The van der Waals surface area contributed by atoms with Gasteiger partial charge in [-0.3, -0.25) is 4.57 Å². The summed E-state index contributed by atoms with van der Waals surface area (Å²) in [4.78, 5) is 14.6. The number of anilines is 4. The Kier molecular flexibility index (Phi) is 11.0. The van der Waals surface area contributed by atoms with E-state index in [-0.39, 0.29) is 35.0 Å². The molecule has 0 fully saturated rings. The number of ether oxygens (including phenoxy) is 1. The molecule has 3 aromatic heterocycles. The molecule has 0 unspecified atom stereocenters. The third kappa shape index (κ3) is 9.35. The third-order valence-corrected chi connectivity index (χ3v) is 12.3. The van der Waals surface area contributed by atoms with Crippen molar-refractivity contribution in [2.45, 2.75) is 52.4 Å². The maximum atomic E-state index is 9.14. The van der Waals surface area contributed by atoms with Crippen LogP contribution in [0.2, 0.25) is 0 Å². The fourth-order valence-electron chi connectivity index (χ4n) is 8.80. The van der Waals surface area contributed by atoms with Gasteiger partial charge in [-0.05, 0) is 94.9 Å². The summed E-state index contributed by atoms with van der Waals surface area (Å²) in [7, 11) is 4.30. The third-order valence-electron chi connectivity index (χ3n) is 12.3. The van der Waals surface area contributed by atoms with E-state index in [9.17, 15) is 0 Å². The normalized spacial score (nSPS) is 20.1.